The van der Waals surface area contributed by atoms with E-state index in [-0.39, 0.29) is 0 Å². The van der Waals surface area contributed by atoms with Crippen molar-refractivity contribution in [1.82, 2.24) is 0 Å². The van der Waals surface area contributed by atoms with Gasteiger partial charge in [-0.05, 0) is 36.0 Å². The number of aryl methyl sites for hydroxylation is 1. The highest BCUT2D eigenvalue weighted by Crippen LogP contribution is 2.37. The molecule has 0 amide bonds. The number of nitrogens with one attached hydrogen (secondary N) is 2. The van der Waals surface area contributed by atoms with Gasteiger partial charge in [-0.3, -0.25) is 0 Å². The summed E-state index contributed by atoms with van der Waals surface area (Å²) in [6, 6.07) is 29.4. The van der Waals surface area contributed by atoms with Gasteiger partial charge < -0.3 is 0 Å². The van der Waals surface area contributed by atoms with Crippen molar-refractivity contribution in [2.24, 2.45) is 0 Å². The van der Waals surface area contributed by atoms with Crippen LogP contribution in [0.25, 0.3) is 21.7 Å². The van der Waals surface area contributed by atoms with Crippen LogP contribution in [0.3, 0.4) is 0 Å². The van der Waals surface area contributed by atoms with Gasteiger partial charge in [0, 0.05) is 5.56 Å². The summed E-state index contributed by atoms with van der Waals surface area (Å²) in [7, 11) is 0. The summed E-state index contributed by atoms with van der Waals surface area (Å²) in [6.07, 6.45) is 0. The first kappa shape index (κ1) is 15.6. The summed E-state index contributed by atoms with van der Waals surface area (Å²) in [5, 5.41) is 4.51. The van der Waals surface area contributed by atoms with Gasteiger partial charge in [-0.15, -0.1) is 0 Å². The van der Waals surface area contributed by atoms with E-state index < -0.39 is 0 Å². The predicted octanol–water partition coefficient (Wildman–Crippen LogP) is 5.95. The Morgan fingerprint density at radius 1 is 0.720 bits per heavy atom. The molecule has 0 aliphatic rings. The summed E-state index contributed by atoms with van der Waals surface area (Å²) in [5.41, 5.74) is 5.91. The van der Waals surface area contributed by atoms with E-state index in [2.05, 4.69) is 84.0 Å². The van der Waals surface area contributed by atoms with Crippen molar-refractivity contribution >= 4 is 22.2 Å². The quantitative estimate of drug-likeness (QED) is 0.487. The molecule has 4 rings (SSSR count). The fourth-order valence-electron chi connectivity index (χ4n) is 2.77. The minimum absolute atomic E-state index is 1.03. The van der Waals surface area contributed by atoms with Crippen molar-refractivity contribution < 1.29 is 4.98 Å². The van der Waals surface area contributed by atoms with E-state index >= 15 is 0 Å². The Balaban J connectivity index is 1.79. The normalized spacial score (nSPS) is 10.6. The molecule has 0 spiro atoms. The molecular weight excluding hydrogens is 324 g/mol. The molecule has 1 heterocycles. The van der Waals surface area contributed by atoms with Gasteiger partial charge in [-0.2, -0.15) is 0 Å². The van der Waals surface area contributed by atoms with Gasteiger partial charge in [-0.25, -0.2) is 10.3 Å². The first-order chi connectivity index (χ1) is 12.3. The third-order valence-electron chi connectivity index (χ3n) is 4.08. The minimum Gasteiger partial charge on any atom is -0.231 e. The van der Waals surface area contributed by atoms with E-state index in [4.69, 9.17) is 0 Å². The molecular formula is C22H19N2S+. The van der Waals surface area contributed by atoms with Gasteiger partial charge in [0.15, 0.2) is 5.69 Å². The molecule has 0 aliphatic heterocycles. The Labute approximate surface area is 151 Å². The minimum atomic E-state index is 1.03. The van der Waals surface area contributed by atoms with Crippen molar-refractivity contribution in [3.05, 3.63) is 90.5 Å². The maximum atomic E-state index is 3.57. The molecule has 0 aliphatic carbocycles. The molecule has 25 heavy (non-hydrogen) atoms. The van der Waals surface area contributed by atoms with E-state index in [0.29, 0.717) is 0 Å². The number of rotatable bonds is 4. The maximum absolute atomic E-state index is 3.57. The lowest BCUT2D eigenvalue weighted by Crippen LogP contribution is -2.07. The second-order valence-corrected chi connectivity index (χ2v) is 7.00. The Morgan fingerprint density at radius 3 is 2.04 bits per heavy atom. The zero-order valence-electron chi connectivity index (χ0n) is 14.0. The fraction of sp³-hybridized carbons (Fsp3) is 0.0455. The monoisotopic (exact) mass is 343 g/mol. The van der Waals surface area contributed by atoms with Crippen molar-refractivity contribution in [3.63, 3.8) is 0 Å². The lowest BCUT2D eigenvalue weighted by atomic mass is 10.1. The number of benzene rings is 3. The Hall–Kier alpha value is -2.91. The summed E-state index contributed by atoms with van der Waals surface area (Å²) in [4.78, 5) is 4.81. The lowest BCUT2D eigenvalue weighted by Gasteiger charge is -2.01. The van der Waals surface area contributed by atoms with Gasteiger partial charge in [0.25, 0.3) is 0 Å². The number of para-hydroxylation sites is 1. The van der Waals surface area contributed by atoms with Gasteiger partial charge >= 0.3 is 5.13 Å². The number of anilines is 2. The molecule has 4 aromatic rings. The molecule has 0 atom stereocenters. The van der Waals surface area contributed by atoms with Crippen LogP contribution in [0.1, 0.15) is 5.56 Å². The third-order valence-corrected chi connectivity index (χ3v) is 5.13. The van der Waals surface area contributed by atoms with Crippen LogP contribution in [0.15, 0.2) is 84.9 Å². The molecule has 122 valence electrons. The average Bonchev–Trinajstić information content (AvgIpc) is 3.08. The highest BCUT2D eigenvalue weighted by Gasteiger charge is 2.19. The summed E-state index contributed by atoms with van der Waals surface area (Å²) >= 11 is 1.74. The van der Waals surface area contributed by atoms with Crippen LogP contribution in [0.5, 0.6) is 0 Å². The number of aromatic amines is 1. The zero-order valence-corrected chi connectivity index (χ0v) is 14.8. The van der Waals surface area contributed by atoms with Crippen molar-refractivity contribution in [3.8, 4) is 21.7 Å². The first-order valence-corrected chi connectivity index (χ1v) is 9.12. The topological polar surface area (TPSA) is 26.2 Å². The van der Waals surface area contributed by atoms with Crippen LogP contribution < -0.4 is 10.3 Å². The molecule has 3 aromatic carbocycles. The molecule has 0 unspecified atom stereocenters. The second-order valence-electron chi connectivity index (χ2n) is 5.98. The van der Waals surface area contributed by atoms with Gasteiger partial charge in [-0.1, -0.05) is 78.4 Å². The fourth-order valence-corrected chi connectivity index (χ4v) is 3.83. The lowest BCUT2D eigenvalue weighted by molar-refractivity contribution is -0.340. The van der Waals surface area contributed by atoms with Crippen molar-refractivity contribution in [2.45, 2.75) is 6.92 Å². The molecule has 0 saturated heterocycles. The highest BCUT2D eigenvalue weighted by molar-refractivity contribution is 7.19. The smallest absolute Gasteiger partial charge is 0.231 e. The van der Waals surface area contributed by atoms with E-state index in [1.54, 1.807) is 11.3 Å². The molecule has 1 aromatic heterocycles. The number of H-pyrrole nitrogens is 1. The first-order valence-electron chi connectivity index (χ1n) is 8.30. The number of hydrogen-bond donors (Lipinski definition) is 1. The van der Waals surface area contributed by atoms with E-state index in [1.807, 2.05) is 18.2 Å². The molecule has 0 bridgehead atoms. The van der Waals surface area contributed by atoms with E-state index in [1.165, 1.54) is 21.6 Å². The molecule has 2 N–H and O–H groups in total. The Bertz CT molecular complexity index is 958. The van der Waals surface area contributed by atoms with Crippen molar-refractivity contribution in [1.29, 1.82) is 0 Å². The number of thiazole rings is 1. The molecule has 3 heteroatoms. The third kappa shape index (κ3) is 3.47. The van der Waals surface area contributed by atoms with Crippen LogP contribution in [0.2, 0.25) is 0 Å². The summed E-state index contributed by atoms with van der Waals surface area (Å²) in [6.45, 7) is 2.11. The second kappa shape index (κ2) is 6.91. The maximum Gasteiger partial charge on any atom is 0.337 e. The van der Waals surface area contributed by atoms with E-state index in [9.17, 15) is 0 Å². The average molecular weight is 343 g/mol. The van der Waals surface area contributed by atoms with Crippen LogP contribution in [-0.2, 0) is 0 Å². The highest BCUT2D eigenvalue weighted by atomic mass is 32.1. The molecule has 0 saturated carbocycles. The number of aromatic nitrogens is 1. The largest absolute Gasteiger partial charge is 0.337 e. The van der Waals surface area contributed by atoms with Crippen LogP contribution in [0, 0.1) is 6.92 Å². The van der Waals surface area contributed by atoms with Crippen LogP contribution >= 0.6 is 11.3 Å². The number of hydrogen-bond acceptors (Lipinski definition) is 2. The van der Waals surface area contributed by atoms with Crippen LogP contribution in [0.4, 0.5) is 10.8 Å². The molecule has 0 fully saturated rings. The van der Waals surface area contributed by atoms with Crippen molar-refractivity contribution in [2.75, 3.05) is 5.32 Å². The summed E-state index contributed by atoms with van der Waals surface area (Å²) in [5.74, 6) is 0. The Morgan fingerprint density at radius 2 is 1.36 bits per heavy atom. The standard InChI is InChI=1S/C22H18N2S/c1-16-12-14-17(15-13-16)20-21(18-8-4-2-5-9-18)25-22(24-20)23-19-10-6-3-7-11-19/h2-15H,1H3,(H,23,24)/p+1. The summed E-state index contributed by atoms with van der Waals surface area (Å²) < 4.78 is 0. The van der Waals surface area contributed by atoms with E-state index in [0.717, 1.165) is 16.5 Å². The van der Waals surface area contributed by atoms with Gasteiger partial charge in [0.2, 0.25) is 0 Å². The predicted molar refractivity (Wildman–Crippen MR) is 106 cm³/mol. The van der Waals surface area contributed by atoms with Crippen LogP contribution in [-0.4, -0.2) is 0 Å². The zero-order chi connectivity index (χ0) is 17.1. The van der Waals surface area contributed by atoms with Gasteiger partial charge in [0.05, 0.1) is 4.88 Å². The SMILES string of the molecule is Cc1ccc(-c2[nH+]c(Nc3ccccc3)sc2-c2ccccc2)cc1. The molecule has 0 radical (unpaired) electrons. The van der Waals surface area contributed by atoms with Gasteiger partial charge in [0.1, 0.15) is 5.69 Å². The Kier molecular flexibility index (Phi) is 4.32. The molecule has 2 nitrogen and oxygen atoms in total.